The number of carbonyl (C=O) groups is 1. The van der Waals surface area contributed by atoms with Crippen molar-refractivity contribution < 1.29 is 9.90 Å². The lowest BCUT2D eigenvalue weighted by Crippen LogP contribution is -2.07. The second kappa shape index (κ2) is 5.42. The molecule has 2 N–H and O–H groups in total. The van der Waals surface area contributed by atoms with Gasteiger partial charge in [0.2, 0.25) is 0 Å². The van der Waals surface area contributed by atoms with E-state index in [9.17, 15) is 9.90 Å². The summed E-state index contributed by atoms with van der Waals surface area (Å²) in [6.45, 7) is 3.85. The van der Waals surface area contributed by atoms with Gasteiger partial charge in [0, 0.05) is 0 Å². The number of aryl methyl sites for hydroxylation is 1. The molecule has 108 valence electrons. The Morgan fingerprint density at radius 3 is 2.90 bits per heavy atom. The lowest BCUT2D eigenvalue weighted by Gasteiger charge is -2.14. The number of aromatic nitrogens is 2. The standard InChI is InChI=1S/C14H13N3O2S2/c1-7-10-12(17-8(2)9-3-4-20-5-9)15-6-16-13(10)21-11(7)14(18)19/h3-6,8H,1-2H3,(H,18,19)(H,15,16,17). The molecule has 21 heavy (non-hydrogen) atoms. The number of anilines is 1. The maximum absolute atomic E-state index is 11.3. The first-order chi connectivity index (χ1) is 10.1. The Bertz CT molecular complexity index is 796. The highest BCUT2D eigenvalue weighted by Gasteiger charge is 2.19. The Morgan fingerprint density at radius 2 is 2.24 bits per heavy atom. The van der Waals surface area contributed by atoms with Crippen LogP contribution in [-0.4, -0.2) is 21.0 Å². The highest BCUT2D eigenvalue weighted by molar-refractivity contribution is 7.20. The van der Waals surface area contributed by atoms with Crippen molar-refractivity contribution >= 4 is 44.7 Å². The summed E-state index contributed by atoms with van der Waals surface area (Å²) in [5, 5.41) is 17.5. The predicted octanol–water partition coefficient (Wildman–Crippen LogP) is 3.93. The number of carboxylic acids is 1. The average molecular weight is 319 g/mol. The van der Waals surface area contributed by atoms with E-state index in [1.165, 1.54) is 23.2 Å². The highest BCUT2D eigenvalue weighted by Crippen LogP contribution is 2.34. The molecule has 0 amide bonds. The fourth-order valence-corrected chi connectivity index (χ4v) is 3.94. The van der Waals surface area contributed by atoms with Gasteiger partial charge in [0.1, 0.15) is 21.9 Å². The van der Waals surface area contributed by atoms with Crippen molar-refractivity contribution in [2.24, 2.45) is 0 Å². The van der Waals surface area contributed by atoms with Crippen LogP contribution in [0, 0.1) is 6.92 Å². The van der Waals surface area contributed by atoms with Gasteiger partial charge in [-0.2, -0.15) is 11.3 Å². The van der Waals surface area contributed by atoms with Crippen molar-refractivity contribution in [3.8, 4) is 0 Å². The SMILES string of the molecule is Cc1c(C(=O)O)sc2ncnc(NC(C)c3ccsc3)c12. The summed E-state index contributed by atoms with van der Waals surface area (Å²) < 4.78 is 0. The fourth-order valence-electron chi connectivity index (χ4n) is 2.19. The van der Waals surface area contributed by atoms with Crippen LogP contribution < -0.4 is 5.32 Å². The van der Waals surface area contributed by atoms with Crippen LogP contribution in [0.25, 0.3) is 10.2 Å². The molecule has 7 heteroatoms. The predicted molar refractivity (Wildman–Crippen MR) is 85.5 cm³/mol. The normalized spacial score (nSPS) is 12.5. The zero-order valence-electron chi connectivity index (χ0n) is 11.5. The average Bonchev–Trinajstić information content (AvgIpc) is 3.07. The maximum Gasteiger partial charge on any atom is 0.346 e. The molecule has 0 aromatic carbocycles. The molecule has 0 aliphatic heterocycles. The molecule has 3 rings (SSSR count). The third-order valence-electron chi connectivity index (χ3n) is 3.32. The van der Waals surface area contributed by atoms with Crippen LogP contribution in [0.3, 0.4) is 0 Å². The van der Waals surface area contributed by atoms with E-state index in [1.54, 1.807) is 18.3 Å². The van der Waals surface area contributed by atoms with Crippen LogP contribution in [0.2, 0.25) is 0 Å². The molecule has 0 saturated heterocycles. The van der Waals surface area contributed by atoms with Gasteiger partial charge in [-0.1, -0.05) is 0 Å². The van der Waals surface area contributed by atoms with Crippen molar-refractivity contribution in [3.63, 3.8) is 0 Å². The lowest BCUT2D eigenvalue weighted by molar-refractivity contribution is 0.0701. The summed E-state index contributed by atoms with van der Waals surface area (Å²) in [5.41, 5.74) is 1.89. The molecule has 0 aliphatic rings. The zero-order valence-corrected chi connectivity index (χ0v) is 13.1. The molecular weight excluding hydrogens is 306 g/mol. The summed E-state index contributed by atoms with van der Waals surface area (Å²) in [6, 6.07) is 2.16. The maximum atomic E-state index is 11.3. The van der Waals surface area contributed by atoms with Crippen molar-refractivity contribution in [2.75, 3.05) is 5.32 Å². The van der Waals surface area contributed by atoms with Crippen LogP contribution in [-0.2, 0) is 0 Å². The smallest absolute Gasteiger partial charge is 0.346 e. The third-order valence-corrected chi connectivity index (χ3v) is 5.21. The Morgan fingerprint density at radius 1 is 1.43 bits per heavy atom. The third kappa shape index (κ3) is 2.50. The second-order valence-corrected chi connectivity index (χ2v) is 6.47. The van der Waals surface area contributed by atoms with E-state index in [0.717, 1.165) is 5.39 Å². The van der Waals surface area contributed by atoms with E-state index in [-0.39, 0.29) is 6.04 Å². The van der Waals surface area contributed by atoms with Gasteiger partial charge in [0.15, 0.2) is 0 Å². The molecule has 3 aromatic rings. The number of aromatic carboxylic acids is 1. The minimum atomic E-state index is -0.924. The topological polar surface area (TPSA) is 75.1 Å². The Balaban J connectivity index is 2.04. The summed E-state index contributed by atoms with van der Waals surface area (Å²) in [4.78, 5) is 20.7. The van der Waals surface area contributed by atoms with Gasteiger partial charge in [0.05, 0.1) is 11.4 Å². The first-order valence-electron chi connectivity index (χ1n) is 6.34. The molecule has 0 aliphatic carbocycles. The summed E-state index contributed by atoms with van der Waals surface area (Å²) in [7, 11) is 0. The molecule has 1 unspecified atom stereocenters. The monoisotopic (exact) mass is 319 g/mol. The molecule has 0 fully saturated rings. The molecule has 3 heterocycles. The van der Waals surface area contributed by atoms with E-state index in [1.807, 2.05) is 5.38 Å². The molecule has 0 bridgehead atoms. The molecule has 5 nitrogen and oxygen atoms in total. The van der Waals surface area contributed by atoms with Crippen LogP contribution in [0.5, 0.6) is 0 Å². The lowest BCUT2D eigenvalue weighted by atomic mass is 10.1. The zero-order chi connectivity index (χ0) is 15.0. The first-order valence-corrected chi connectivity index (χ1v) is 8.10. The number of carboxylic acid groups (broad SMARTS) is 1. The van der Waals surface area contributed by atoms with E-state index in [2.05, 4.69) is 33.7 Å². The van der Waals surface area contributed by atoms with E-state index < -0.39 is 5.97 Å². The van der Waals surface area contributed by atoms with Gasteiger partial charge in [-0.05, 0) is 41.8 Å². The Hall–Kier alpha value is -1.99. The van der Waals surface area contributed by atoms with Crippen molar-refractivity contribution in [1.29, 1.82) is 0 Å². The fraction of sp³-hybridized carbons (Fsp3) is 0.214. The number of rotatable bonds is 4. The minimum Gasteiger partial charge on any atom is -0.477 e. The number of fused-ring (bicyclic) bond motifs is 1. The summed E-state index contributed by atoms with van der Waals surface area (Å²) in [6.07, 6.45) is 1.46. The highest BCUT2D eigenvalue weighted by atomic mass is 32.1. The van der Waals surface area contributed by atoms with Gasteiger partial charge in [0.25, 0.3) is 0 Å². The number of nitrogens with one attached hydrogen (secondary N) is 1. The molecule has 3 aromatic heterocycles. The number of thiophene rings is 2. The van der Waals surface area contributed by atoms with Gasteiger partial charge in [-0.15, -0.1) is 11.3 Å². The van der Waals surface area contributed by atoms with Gasteiger partial charge in [-0.3, -0.25) is 0 Å². The molecule has 0 spiro atoms. The van der Waals surface area contributed by atoms with Crippen LogP contribution in [0.15, 0.2) is 23.2 Å². The largest absolute Gasteiger partial charge is 0.477 e. The van der Waals surface area contributed by atoms with Crippen LogP contribution in [0.1, 0.15) is 33.8 Å². The summed E-state index contributed by atoms with van der Waals surface area (Å²) in [5.74, 6) is -0.243. The Labute approximate surface area is 129 Å². The van der Waals surface area contributed by atoms with E-state index >= 15 is 0 Å². The van der Waals surface area contributed by atoms with Gasteiger partial charge in [-0.25, -0.2) is 14.8 Å². The van der Waals surface area contributed by atoms with Gasteiger partial charge < -0.3 is 10.4 Å². The number of nitrogens with zero attached hydrogens (tertiary/aromatic N) is 2. The van der Waals surface area contributed by atoms with E-state index in [0.29, 0.717) is 21.1 Å². The van der Waals surface area contributed by atoms with Crippen LogP contribution in [0.4, 0.5) is 5.82 Å². The van der Waals surface area contributed by atoms with Crippen molar-refractivity contribution in [2.45, 2.75) is 19.9 Å². The van der Waals surface area contributed by atoms with Crippen molar-refractivity contribution in [1.82, 2.24) is 9.97 Å². The number of hydrogen-bond donors (Lipinski definition) is 2. The molecule has 1 atom stereocenters. The quantitative estimate of drug-likeness (QED) is 0.762. The number of hydrogen-bond acceptors (Lipinski definition) is 6. The van der Waals surface area contributed by atoms with E-state index in [4.69, 9.17) is 0 Å². The first kappa shape index (κ1) is 14.0. The molecule has 0 saturated carbocycles. The molecule has 0 radical (unpaired) electrons. The van der Waals surface area contributed by atoms with Crippen molar-refractivity contribution in [3.05, 3.63) is 39.2 Å². The van der Waals surface area contributed by atoms with Crippen LogP contribution >= 0.6 is 22.7 Å². The summed E-state index contributed by atoms with van der Waals surface area (Å²) >= 11 is 2.83. The Kier molecular flexibility index (Phi) is 3.60. The minimum absolute atomic E-state index is 0.0990. The molecular formula is C14H13N3O2S2. The van der Waals surface area contributed by atoms with Gasteiger partial charge >= 0.3 is 5.97 Å². The second-order valence-electron chi connectivity index (χ2n) is 4.69.